The van der Waals surface area contributed by atoms with Gasteiger partial charge in [0.25, 0.3) is 5.91 Å². The third-order valence-electron chi connectivity index (χ3n) is 4.31. The molecule has 0 saturated heterocycles. The lowest BCUT2D eigenvalue weighted by molar-refractivity contribution is -0.130. The molecule has 0 saturated carbocycles. The molecule has 1 atom stereocenters. The van der Waals surface area contributed by atoms with Crippen molar-refractivity contribution in [3.05, 3.63) is 59.3 Å². The van der Waals surface area contributed by atoms with Gasteiger partial charge in [-0.25, -0.2) is 0 Å². The predicted octanol–water partition coefficient (Wildman–Crippen LogP) is 2.78. The largest absolute Gasteiger partial charge is 0.503 e. The van der Waals surface area contributed by atoms with Crippen LogP contribution in [-0.2, 0) is 16.1 Å². The Bertz CT molecular complexity index is 868. The highest BCUT2D eigenvalue weighted by Gasteiger charge is 2.42. The van der Waals surface area contributed by atoms with Crippen LogP contribution in [0.3, 0.4) is 0 Å². The van der Waals surface area contributed by atoms with Gasteiger partial charge >= 0.3 is 0 Å². The normalized spacial score (nSPS) is 17.0. The lowest BCUT2D eigenvalue weighted by Gasteiger charge is -2.26. The number of furan rings is 1. The van der Waals surface area contributed by atoms with E-state index >= 15 is 0 Å². The van der Waals surface area contributed by atoms with Crippen LogP contribution in [0.1, 0.15) is 24.3 Å². The molecule has 1 N–H and O–H groups in total. The maximum absolute atomic E-state index is 12.6. The summed E-state index contributed by atoms with van der Waals surface area (Å²) in [5, 5.41) is 10.3. The second kappa shape index (κ2) is 6.95. The number of benzene rings is 1. The number of hydrogen-bond donors (Lipinski definition) is 1. The van der Waals surface area contributed by atoms with E-state index < -0.39 is 17.7 Å². The molecule has 7 heteroatoms. The van der Waals surface area contributed by atoms with E-state index in [1.54, 1.807) is 30.3 Å². The molecule has 0 bridgehead atoms. The van der Waals surface area contributed by atoms with E-state index in [2.05, 4.69) is 0 Å². The van der Waals surface area contributed by atoms with Gasteiger partial charge in [-0.05, 0) is 36.8 Å². The summed E-state index contributed by atoms with van der Waals surface area (Å²) in [6.07, 6.45) is 1.50. The first-order valence-electron chi connectivity index (χ1n) is 7.97. The summed E-state index contributed by atoms with van der Waals surface area (Å²) in [7, 11) is 3.02. The molecule has 0 radical (unpaired) electrons. The maximum Gasteiger partial charge on any atom is 0.290 e. The van der Waals surface area contributed by atoms with Crippen molar-refractivity contribution >= 4 is 11.7 Å². The van der Waals surface area contributed by atoms with Crippen molar-refractivity contribution in [2.45, 2.75) is 19.5 Å². The number of Topliss-reactive ketones (excluding diaryl/α,β-unsaturated/α-hetero) is 1. The highest BCUT2D eigenvalue weighted by Crippen LogP contribution is 2.41. The van der Waals surface area contributed by atoms with Crippen molar-refractivity contribution in [2.24, 2.45) is 0 Å². The topological polar surface area (TPSA) is 89.2 Å². The number of rotatable bonds is 6. The summed E-state index contributed by atoms with van der Waals surface area (Å²) in [5.74, 6) is -0.00495. The molecule has 1 aromatic heterocycles. The van der Waals surface area contributed by atoms with Crippen molar-refractivity contribution < 1.29 is 28.6 Å². The molecule has 2 aromatic rings. The van der Waals surface area contributed by atoms with E-state index in [0.29, 0.717) is 22.8 Å². The van der Waals surface area contributed by atoms with Gasteiger partial charge in [0.2, 0.25) is 0 Å². The third kappa shape index (κ3) is 2.92. The monoisotopic (exact) mass is 357 g/mol. The smallest absolute Gasteiger partial charge is 0.290 e. The summed E-state index contributed by atoms with van der Waals surface area (Å²) in [6, 6.07) is 7.80. The number of aliphatic hydroxyl groups is 1. The molecule has 0 fully saturated rings. The van der Waals surface area contributed by atoms with Crippen molar-refractivity contribution in [2.75, 3.05) is 14.2 Å². The van der Waals surface area contributed by atoms with Crippen LogP contribution in [0, 0.1) is 0 Å². The molecular weight excluding hydrogens is 338 g/mol. The van der Waals surface area contributed by atoms with Crippen LogP contribution in [0.2, 0.25) is 0 Å². The second-order valence-corrected chi connectivity index (χ2v) is 5.85. The number of nitrogens with zero attached hydrogens (tertiary/aromatic N) is 1. The maximum atomic E-state index is 12.6. The standard InChI is InChI=1S/C19H19NO6/c1-11(21)16-17(12-6-7-14(24-2)15(9-12)25-3)20(19(23)18(16)22)10-13-5-4-8-26-13/h4-9,17,22H,10H2,1-3H3/t17-/m0/s1. The highest BCUT2D eigenvalue weighted by molar-refractivity contribution is 6.08. The minimum atomic E-state index is -0.745. The third-order valence-corrected chi connectivity index (χ3v) is 4.31. The first-order chi connectivity index (χ1) is 12.5. The minimum Gasteiger partial charge on any atom is -0.503 e. The Hall–Kier alpha value is -3.22. The van der Waals surface area contributed by atoms with Crippen LogP contribution in [-0.4, -0.2) is 35.9 Å². The predicted molar refractivity (Wildman–Crippen MR) is 91.9 cm³/mol. The van der Waals surface area contributed by atoms with Crippen molar-refractivity contribution in [1.29, 1.82) is 0 Å². The zero-order chi connectivity index (χ0) is 18.8. The molecule has 7 nitrogen and oxygen atoms in total. The minimum absolute atomic E-state index is 0.0498. The molecule has 3 rings (SSSR count). The Morgan fingerprint density at radius 1 is 1.23 bits per heavy atom. The zero-order valence-corrected chi connectivity index (χ0v) is 14.7. The van der Waals surface area contributed by atoms with Gasteiger partial charge in [-0.2, -0.15) is 0 Å². The Balaban J connectivity index is 2.09. The first-order valence-corrected chi connectivity index (χ1v) is 7.97. The first kappa shape index (κ1) is 17.6. The van der Waals surface area contributed by atoms with Crippen LogP contribution < -0.4 is 9.47 Å². The molecule has 0 spiro atoms. The van der Waals surface area contributed by atoms with Gasteiger partial charge in [-0.1, -0.05) is 6.07 Å². The van der Waals surface area contributed by atoms with Gasteiger partial charge < -0.3 is 23.9 Å². The van der Waals surface area contributed by atoms with E-state index in [-0.39, 0.29) is 17.9 Å². The van der Waals surface area contributed by atoms with Crippen molar-refractivity contribution in [3.63, 3.8) is 0 Å². The molecule has 2 heterocycles. The average Bonchev–Trinajstić information content (AvgIpc) is 3.23. The van der Waals surface area contributed by atoms with Crippen LogP contribution >= 0.6 is 0 Å². The summed E-state index contributed by atoms with van der Waals surface area (Å²) < 4.78 is 15.9. The van der Waals surface area contributed by atoms with Crippen LogP contribution in [0.15, 0.2) is 52.3 Å². The molecule has 136 valence electrons. The lowest BCUT2D eigenvalue weighted by atomic mass is 9.96. The Morgan fingerprint density at radius 2 is 1.96 bits per heavy atom. The van der Waals surface area contributed by atoms with Gasteiger partial charge in [0, 0.05) is 0 Å². The Labute approximate surface area is 150 Å². The van der Waals surface area contributed by atoms with E-state index in [0.717, 1.165) is 0 Å². The van der Waals surface area contributed by atoms with E-state index in [4.69, 9.17) is 13.9 Å². The summed E-state index contributed by atoms with van der Waals surface area (Å²) in [5.41, 5.74) is 0.672. The fourth-order valence-corrected chi connectivity index (χ4v) is 3.12. The number of amides is 1. The molecule has 0 aliphatic carbocycles. The fraction of sp³-hybridized carbons (Fsp3) is 0.263. The number of methoxy groups -OCH3 is 2. The van der Waals surface area contributed by atoms with Crippen molar-refractivity contribution in [3.8, 4) is 11.5 Å². The van der Waals surface area contributed by atoms with Gasteiger partial charge in [-0.15, -0.1) is 0 Å². The van der Waals surface area contributed by atoms with Gasteiger partial charge in [-0.3, -0.25) is 9.59 Å². The molecular formula is C19H19NO6. The van der Waals surface area contributed by atoms with Crippen molar-refractivity contribution in [1.82, 2.24) is 4.90 Å². The quantitative estimate of drug-likeness (QED) is 0.855. The highest BCUT2D eigenvalue weighted by atomic mass is 16.5. The molecule has 1 amide bonds. The SMILES string of the molecule is COc1ccc([C@H]2C(C(C)=O)=C(O)C(=O)N2Cc2ccco2)cc1OC. The van der Waals surface area contributed by atoms with E-state index in [1.807, 2.05) is 0 Å². The zero-order valence-electron chi connectivity index (χ0n) is 14.7. The second-order valence-electron chi connectivity index (χ2n) is 5.85. The molecule has 0 unspecified atom stereocenters. The average molecular weight is 357 g/mol. The van der Waals surface area contributed by atoms with Gasteiger partial charge in [0.1, 0.15) is 5.76 Å². The number of carbonyl (C=O) groups is 2. The molecule has 1 aromatic carbocycles. The van der Waals surface area contributed by atoms with Gasteiger partial charge in [0.05, 0.1) is 38.6 Å². The Morgan fingerprint density at radius 3 is 2.54 bits per heavy atom. The summed E-state index contributed by atoms with van der Waals surface area (Å²) >= 11 is 0. The lowest BCUT2D eigenvalue weighted by Crippen LogP contribution is -2.30. The number of ketones is 1. The number of ether oxygens (including phenoxy) is 2. The van der Waals surface area contributed by atoms with Crippen LogP contribution in [0.5, 0.6) is 11.5 Å². The van der Waals surface area contributed by atoms with E-state index in [1.165, 1.54) is 32.3 Å². The summed E-state index contributed by atoms with van der Waals surface area (Å²) in [4.78, 5) is 26.1. The number of carbonyl (C=O) groups excluding carboxylic acids is 2. The summed E-state index contributed by atoms with van der Waals surface area (Å²) in [6.45, 7) is 1.44. The number of hydrogen-bond acceptors (Lipinski definition) is 6. The van der Waals surface area contributed by atoms with Crippen LogP contribution in [0.4, 0.5) is 0 Å². The Kier molecular flexibility index (Phi) is 4.71. The van der Waals surface area contributed by atoms with Crippen LogP contribution in [0.25, 0.3) is 0 Å². The van der Waals surface area contributed by atoms with Gasteiger partial charge in [0.15, 0.2) is 23.0 Å². The fourth-order valence-electron chi connectivity index (χ4n) is 3.12. The number of aliphatic hydroxyl groups excluding tert-OH is 1. The molecule has 26 heavy (non-hydrogen) atoms. The molecule has 1 aliphatic heterocycles. The molecule has 1 aliphatic rings. The van der Waals surface area contributed by atoms with E-state index in [9.17, 15) is 14.7 Å².